The predicted molar refractivity (Wildman–Crippen MR) is 107 cm³/mol. The molecule has 0 saturated heterocycles. The summed E-state index contributed by atoms with van der Waals surface area (Å²) in [6.45, 7) is 0. The minimum Gasteiger partial charge on any atom is -0.457 e. The third kappa shape index (κ3) is 3.16. The van der Waals surface area contributed by atoms with Crippen LogP contribution in [0, 0.1) is 0 Å². The van der Waals surface area contributed by atoms with Crippen molar-refractivity contribution >= 4 is 43.5 Å². The third-order valence-corrected chi connectivity index (χ3v) is 4.87. The second kappa shape index (κ2) is 6.62. The van der Waals surface area contributed by atoms with Gasteiger partial charge in [-0.2, -0.15) is 0 Å². The molecule has 1 N–H and O–H groups in total. The summed E-state index contributed by atoms with van der Waals surface area (Å²) in [4.78, 5) is 18.5. The molecule has 0 fully saturated rings. The summed E-state index contributed by atoms with van der Waals surface area (Å²) in [5.41, 5.74) is 1.68. The van der Waals surface area contributed by atoms with Gasteiger partial charge in [-0.05, 0) is 42.5 Å². The molecule has 3 aromatic heterocycles. The number of nitrogens with one attached hydrogen (secondary N) is 1. The fourth-order valence-corrected chi connectivity index (χ4v) is 3.55. The first-order valence-corrected chi connectivity index (χ1v) is 9.13. The Labute approximate surface area is 158 Å². The van der Waals surface area contributed by atoms with Crippen LogP contribution >= 0.6 is 11.3 Å². The number of ether oxygens (including phenoxy) is 1. The maximum Gasteiger partial charge on any atom is 0.190 e. The smallest absolute Gasteiger partial charge is 0.190 e. The zero-order valence-electron chi connectivity index (χ0n) is 14.0. The lowest BCUT2D eigenvalue weighted by Gasteiger charge is -2.09. The molecule has 2 aromatic carbocycles. The van der Waals surface area contributed by atoms with Crippen LogP contribution in [0.3, 0.4) is 0 Å². The van der Waals surface area contributed by atoms with E-state index >= 15 is 0 Å². The molecular weight excluding hydrogens is 358 g/mol. The molecule has 0 aliphatic carbocycles. The Morgan fingerprint density at radius 1 is 0.815 bits per heavy atom. The Morgan fingerprint density at radius 2 is 1.74 bits per heavy atom. The van der Waals surface area contributed by atoms with Crippen LogP contribution in [-0.2, 0) is 0 Å². The summed E-state index contributed by atoms with van der Waals surface area (Å²) in [6, 6.07) is 19.2. The van der Waals surface area contributed by atoms with Gasteiger partial charge in [0.1, 0.15) is 34.0 Å². The molecule has 0 bridgehead atoms. The summed E-state index contributed by atoms with van der Waals surface area (Å²) >= 11 is 1.48. The molecular formula is C20H13N5OS. The van der Waals surface area contributed by atoms with Gasteiger partial charge in [0.2, 0.25) is 0 Å². The molecule has 5 rings (SSSR count). The summed E-state index contributed by atoms with van der Waals surface area (Å²) in [5, 5.41) is 4.88. The lowest BCUT2D eigenvalue weighted by molar-refractivity contribution is 0.483. The fourth-order valence-electron chi connectivity index (χ4n) is 2.75. The van der Waals surface area contributed by atoms with Gasteiger partial charge < -0.3 is 10.1 Å². The standard InChI is InChI=1S/C20H13N5OS/c1-2-5-13(6-3-1)26-14-8-9-16-15(11-14)18(23-12-22-16)25-20-24-17-7-4-10-21-19(17)27-20/h1-12H,(H,22,23,24,25). The van der Waals surface area contributed by atoms with E-state index < -0.39 is 0 Å². The van der Waals surface area contributed by atoms with Gasteiger partial charge in [-0.25, -0.2) is 19.9 Å². The molecule has 0 aliphatic heterocycles. The van der Waals surface area contributed by atoms with E-state index in [1.54, 1.807) is 6.20 Å². The molecule has 7 heteroatoms. The summed E-state index contributed by atoms with van der Waals surface area (Å²) in [6.07, 6.45) is 3.30. The summed E-state index contributed by atoms with van der Waals surface area (Å²) < 4.78 is 5.93. The van der Waals surface area contributed by atoms with Crippen LogP contribution < -0.4 is 10.1 Å². The highest BCUT2D eigenvalue weighted by molar-refractivity contribution is 7.21. The molecule has 0 amide bonds. The number of anilines is 2. The molecule has 130 valence electrons. The lowest BCUT2D eigenvalue weighted by Crippen LogP contribution is -1.96. The van der Waals surface area contributed by atoms with E-state index in [4.69, 9.17) is 4.74 Å². The Bertz CT molecular complexity index is 1210. The number of nitrogens with zero attached hydrogens (tertiary/aromatic N) is 4. The van der Waals surface area contributed by atoms with Crippen LogP contribution in [0.2, 0.25) is 0 Å². The number of hydrogen-bond acceptors (Lipinski definition) is 7. The minimum absolute atomic E-state index is 0.678. The number of hydrogen-bond donors (Lipinski definition) is 1. The first-order valence-electron chi connectivity index (χ1n) is 8.31. The average molecular weight is 371 g/mol. The van der Waals surface area contributed by atoms with E-state index in [1.807, 2.05) is 60.7 Å². The SMILES string of the molecule is c1ccc(Oc2ccc3ncnc(Nc4nc5cccnc5s4)c3c2)cc1. The highest BCUT2D eigenvalue weighted by atomic mass is 32.1. The fraction of sp³-hybridized carbons (Fsp3) is 0. The monoisotopic (exact) mass is 371 g/mol. The topological polar surface area (TPSA) is 72.8 Å². The van der Waals surface area contributed by atoms with E-state index in [9.17, 15) is 0 Å². The van der Waals surface area contributed by atoms with Crippen molar-refractivity contribution < 1.29 is 4.74 Å². The maximum absolute atomic E-state index is 5.93. The second-order valence-electron chi connectivity index (χ2n) is 5.79. The van der Waals surface area contributed by atoms with Crippen molar-refractivity contribution in [2.75, 3.05) is 5.32 Å². The highest BCUT2D eigenvalue weighted by Crippen LogP contribution is 2.31. The van der Waals surface area contributed by atoms with Gasteiger partial charge in [0.05, 0.1) is 5.52 Å². The van der Waals surface area contributed by atoms with Crippen molar-refractivity contribution in [2.45, 2.75) is 0 Å². The number of pyridine rings is 1. The Balaban J connectivity index is 1.52. The Morgan fingerprint density at radius 3 is 2.63 bits per heavy atom. The normalized spacial score (nSPS) is 11.0. The third-order valence-electron chi connectivity index (χ3n) is 3.98. The van der Waals surface area contributed by atoms with Crippen molar-refractivity contribution in [3.05, 3.63) is 73.2 Å². The van der Waals surface area contributed by atoms with E-state index in [0.29, 0.717) is 5.82 Å². The Kier molecular flexibility index (Phi) is 3.84. The van der Waals surface area contributed by atoms with Crippen LogP contribution in [0.1, 0.15) is 0 Å². The molecule has 27 heavy (non-hydrogen) atoms. The van der Waals surface area contributed by atoms with Gasteiger partial charge in [-0.3, -0.25) is 0 Å². The van der Waals surface area contributed by atoms with Gasteiger partial charge in [0.15, 0.2) is 5.13 Å². The molecule has 3 heterocycles. The number of aromatic nitrogens is 4. The number of para-hydroxylation sites is 1. The van der Waals surface area contributed by atoms with Crippen molar-refractivity contribution in [2.24, 2.45) is 0 Å². The minimum atomic E-state index is 0.678. The number of benzene rings is 2. The molecule has 0 saturated carbocycles. The van der Waals surface area contributed by atoms with Gasteiger partial charge in [0.25, 0.3) is 0 Å². The van der Waals surface area contributed by atoms with Crippen LogP contribution in [0.5, 0.6) is 11.5 Å². The average Bonchev–Trinajstić information content (AvgIpc) is 3.12. The van der Waals surface area contributed by atoms with Gasteiger partial charge >= 0.3 is 0 Å². The second-order valence-corrected chi connectivity index (χ2v) is 6.77. The summed E-state index contributed by atoms with van der Waals surface area (Å²) in [5.74, 6) is 2.18. The summed E-state index contributed by atoms with van der Waals surface area (Å²) in [7, 11) is 0. The highest BCUT2D eigenvalue weighted by Gasteiger charge is 2.10. The molecule has 0 radical (unpaired) electrons. The number of rotatable bonds is 4. The molecule has 5 aromatic rings. The van der Waals surface area contributed by atoms with E-state index in [2.05, 4.69) is 25.3 Å². The molecule has 0 spiro atoms. The van der Waals surface area contributed by atoms with Gasteiger partial charge in [-0.15, -0.1) is 0 Å². The largest absolute Gasteiger partial charge is 0.457 e. The maximum atomic E-state index is 5.93. The van der Waals surface area contributed by atoms with E-state index in [0.717, 1.165) is 37.9 Å². The molecule has 0 unspecified atom stereocenters. The van der Waals surface area contributed by atoms with Crippen molar-refractivity contribution in [3.8, 4) is 11.5 Å². The van der Waals surface area contributed by atoms with Crippen molar-refractivity contribution in [3.63, 3.8) is 0 Å². The number of fused-ring (bicyclic) bond motifs is 2. The lowest BCUT2D eigenvalue weighted by atomic mass is 10.2. The first-order chi connectivity index (χ1) is 13.3. The van der Waals surface area contributed by atoms with E-state index in [-0.39, 0.29) is 0 Å². The molecule has 0 aliphatic rings. The predicted octanol–water partition coefficient (Wildman–Crippen LogP) is 5.17. The molecule has 0 atom stereocenters. The Hall–Kier alpha value is -3.58. The zero-order valence-corrected chi connectivity index (χ0v) is 14.9. The first kappa shape index (κ1) is 15.7. The van der Waals surface area contributed by atoms with Crippen LogP contribution in [0.25, 0.3) is 21.3 Å². The van der Waals surface area contributed by atoms with E-state index in [1.165, 1.54) is 17.7 Å². The van der Waals surface area contributed by atoms with Gasteiger partial charge in [-0.1, -0.05) is 29.5 Å². The van der Waals surface area contributed by atoms with Crippen molar-refractivity contribution in [1.82, 2.24) is 19.9 Å². The molecule has 6 nitrogen and oxygen atoms in total. The van der Waals surface area contributed by atoms with Gasteiger partial charge in [0, 0.05) is 11.6 Å². The van der Waals surface area contributed by atoms with Crippen LogP contribution in [-0.4, -0.2) is 19.9 Å². The number of thiazole rings is 1. The van der Waals surface area contributed by atoms with Crippen LogP contribution in [0.15, 0.2) is 73.2 Å². The van der Waals surface area contributed by atoms with Crippen LogP contribution in [0.4, 0.5) is 10.9 Å². The van der Waals surface area contributed by atoms with Crippen molar-refractivity contribution in [1.29, 1.82) is 0 Å². The quantitative estimate of drug-likeness (QED) is 0.470. The zero-order chi connectivity index (χ0) is 18.1.